The first kappa shape index (κ1) is 20.5. The van der Waals surface area contributed by atoms with Crippen LogP contribution >= 0.6 is 0 Å². The Morgan fingerprint density at radius 3 is 2.52 bits per heavy atom. The Labute approximate surface area is 169 Å². The van der Waals surface area contributed by atoms with E-state index in [1.54, 1.807) is 24.9 Å². The number of benzene rings is 1. The van der Waals surface area contributed by atoms with Crippen molar-refractivity contribution in [3.63, 3.8) is 0 Å². The maximum Gasteiger partial charge on any atom is 0.339 e. The van der Waals surface area contributed by atoms with Crippen LogP contribution in [0.2, 0.25) is 0 Å². The number of H-pyrrole nitrogens is 1. The first-order chi connectivity index (χ1) is 13.8. The number of esters is 1. The Balaban J connectivity index is 1.72. The van der Waals surface area contributed by atoms with Crippen LogP contribution in [0.25, 0.3) is 5.69 Å². The number of hydrogen-bond donors (Lipinski definition) is 1. The Morgan fingerprint density at radius 1 is 1.24 bits per heavy atom. The summed E-state index contributed by atoms with van der Waals surface area (Å²) in [5, 5.41) is 4.12. The standard InChI is InChI=1S/C21H25N5O3/c1-13-19(21(28)29-5)14(2)24-20(13)18(27)10-25(4)15(3)16-6-8-17(9-7-16)26-12-22-11-23-26/h6-9,11-12,15,24H,10H2,1-5H3/t15-/m0/s1. The molecule has 0 radical (unpaired) electrons. The van der Waals surface area contributed by atoms with Crippen molar-refractivity contribution in [2.45, 2.75) is 26.8 Å². The summed E-state index contributed by atoms with van der Waals surface area (Å²) in [6, 6.07) is 8.00. The molecule has 0 saturated heterocycles. The van der Waals surface area contributed by atoms with Gasteiger partial charge in [0.2, 0.25) is 0 Å². The number of rotatable bonds is 7. The molecular formula is C21H25N5O3. The van der Waals surface area contributed by atoms with Crippen LogP contribution in [-0.4, -0.2) is 57.1 Å². The summed E-state index contributed by atoms with van der Waals surface area (Å²) in [5.74, 6) is -0.515. The van der Waals surface area contributed by atoms with E-state index in [0.29, 0.717) is 22.5 Å². The second-order valence-corrected chi connectivity index (χ2v) is 7.06. The van der Waals surface area contributed by atoms with E-state index in [-0.39, 0.29) is 18.4 Å². The number of nitrogens with zero attached hydrogens (tertiary/aromatic N) is 4. The summed E-state index contributed by atoms with van der Waals surface area (Å²) in [4.78, 5) is 33.8. The maximum absolute atomic E-state index is 12.9. The molecular weight excluding hydrogens is 370 g/mol. The van der Waals surface area contributed by atoms with Crippen molar-refractivity contribution in [2.75, 3.05) is 20.7 Å². The predicted octanol–water partition coefficient (Wildman–Crippen LogP) is 2.87. The number of carbonyl (C=O) groups excluding carboxylic acids is 2. The zero-order valence-corrected chi connectivity index (χ0v) is 17.3. The second kappa shape index (κ2) is 8.40. The van der Waals surface area contributed by atoms with Gasteiger partial charge in [-0.1, -0.05) is 12.1 Å². The molecule has 0 saturated carbocycles. The summed E-state index contributed by atoms with van der Waals surface area (Å²) < 4.78 is 6.51. The van der Waals surface area contributed by atoms with Gasteiger partial charge >= 0.3 is 5.97 Å². The lowest BCUT2D eigenvalue weighted by Crippen LogP contribution is -2.29. The average Bonchev–Trinajstić information content (AvgIpc) is 3.35. The Morgan fingerprint density at radius 2 is 1.93 bits per heavy atom. The minimum absolute atomic E-state index is 0.0280. The number of carbonyl (C=O) groups is 2. The van der Waals surface area contributed by atoms with Gasteiger partial charge in [0.05, 0.1) is 30.6 Å². The number of nitrogens with one attached hydrogen (secondary N) is 1. The molecule has 8 heteroatoms. The number of hydrogen-bond acceptors (Lipinski definition) is 6. The molecule has 1 atom stereocenters. The Kier molecular flexibility index (Phi) is 5.93. The summed E-state index contributed by atoms with van der Waals surface area (Å²) in [6.45, 7) is 5.78. The third-order valence-corrected chi connectivity index (χ3v) is 5.22. The highest BCUT2D eigenvalue weighted by Crippen LogP contribution is 2.23. The van der Waals surface area contributed by atoms with E-state index >= 15 is 0 Å². The molecule has 3 aromatic rings. The van der Waals surface area contributed by atoms with E-state index in [0.717, 1.165) is 11.3 Å². The van der Waals surface area contributed by atoms with Crippen LogP contribution < -0.4 is 0 Å². The lowest BCUT2D eigenvalue weighted by Gasteiger charge is -2.24. The number of likely N-dealkylation sites (N-methyl/N-ethyl adjacent to an activating group) is 1. The minimum atomic E-state index is -0.440. The molecule has 8 nitrogen and oxygen atoms in total. The monoisotopic (exact) mass is 395 g/mol. The first-order valence-corrected chi connectivity index (χ1v) is 9.29. The lowest BCUT2D eigenvalue weighted by molar-refractivity contribution is 0.0599. The normalized spacial score (nSPS) is 12.2. The van der Waals surface area contributed by atoms with Crippen molar-refractivity contribution >= 4 is 11.8 Å². The van der Waals surface area contributed by atoms with Crippen molar-refractivity contribution in [1.29, 1.82) is 0 Å². The molecule has 0 amide bonds. The van der Waals surface area contributed by atoms with Gasteiger partial charge in [0.25, 0.3) is 0 Å². The van der Waals surface area contributed by atoms with Crippen LogP contribution in [0.3, 0.4) is 0 Å². The molecule has 2 aromatic heterocycles. The fourth-order valence-corrected chi connectivity index (χ4v) is 3.38. The number of aromatic nitrogens is 4. The summed E-state index contributed by atoms with van der Waals surface area (Å²) in [6.07, 6.45) is 3.14. The van der Waals surface area contributed by atoms with Crippen LogP contribution in [0.1, 0.15) is 50.6 Å². The number of ether oxygens (including phenoxy) is 1. The molecule has 0 aliphatic heterocycles. The van der Waals surface area contributed by atoms with Crippen molar-refractivity contribution in [3.05, 3.63) is 65.0 Å². The number of methoxy groups -OCH3 is 1. The highest BCUT2D eigenvalue weighted by Gasteiger charge is 2.24. The van der Waals surface area contributed by atoms with Crippen LogP contribution in [-0.2, 0) is 4.74 Å². The van der Waals surface area contributed by atoms with Crippen molar-refractivity contribution in [1.82, 2.24) is 24.6 Å². The van der Waals surface area contributed by atoms with E-state index in [9.17, 15) is 9.59 Å². The van der Waals surface area contributed by atoms with Gasteiger partial charge in [0.15, 0.2) is 5.78 Å². The van der Waals surface area contributed by atoms with Crippen LogP contribution in [0, 0.1) is 13.8 Å². The summed E-state index contributed by atoms with van der Waals surface area (Å²) in [5.41, 5.74) is 4.14. The van der Waals surface area contributed by atoms with Crippen LogP contribution in [0.5, 0.6) is 0 Å². The van der Waals surface area contributed by atoms with Gasteiger partial charge in [-0.05, 0) is 51.1 Å². The third kappa shape index (κ3) is 4.12. The molecule has 0 bridgehead atoms. The number of Topliss-reactive ketones (excluding diaryl/α,β-unsaturated/α-hetero) is 1. The van der Waals surface area contributed by atoms with Crippen molar-refractivity contribution < 1.29 is 14.3 Å². The largest absolute Gasteiger partial charge is 0.465 e. The fraction of sp³-hybridized carbons (Fsp3) is 0.333. The molecule has 0 aliphatic carbocycles. The van der Waals surface area contributed by atoms with Gasteiger partial charge in [0, 0.05) is 11.7 Å². The highest BCUT2D eigenvalue weighted by atomic mass is 16.5. The molecule has 0 spiro atoms. The van der Waals surface area contributed by atoms with Gasteiger partial charge in [0.1, 0.15) is 12.7 Å². The van der Waals surface area contributed by atoms with Crippen molar-refractivity contribution in [2.24, 2.45) is 0 Å². The quantitative estimate of drug-likeness (QED) is 0.488. The van der Waals surface area contributed by atoms with Gasteiger partial charge < -0.3 is 9.72 Å². The Hall–Kier alpha value is -3.26. The number of aryl methyl sites for hydroxylation is 1. The predicted molar refractivity (Wildman–Crippen MR) is 108 cm³/mol. The highest BCUT2D eigenvalue weighted by molar-refractivity contribution is 6.02. The molecule has 29 heavy (non-hydrogen) atoms. The molecule has 0 aliphatic rings. The zero-order valence-electron chi connectivity index (χ0n) is 17.3. The molecule has 0 fully saturated rings. The maximum atomic E-state index is 12.9. The molecule has 2 heterocycles. The Bertz CT molecular complexity index is 1010. The van der Waals surface area contributed by atoms with Gasteiger partial charge in [-0.2, -0.15) is 5.10 Å². The molecule has 1 N–H and O–H groups in total. The first-order valence-electron chi connectivity index (χ1n) is 9.29. The smallest absolute Gasteiger partial charge is 0.339 e. The van der Waals surface area contributed by atoms with E-state index in [1.165, 1.54) is 13.4 Å². The topological polar surface area (TPSA) is 93.1 Å². The number of ketones is 1. The summed E-state index contributed by atoms with van der Waals surface area (Å²) in [7, 11) is 3.24. The van der Waals surface area contributed by atoms with E-state index in [1.807, 2.05) is 43.1 Å². The number of aromatic amines is 1. The van der Waals surface area contributed by atoms with Crippen molar-refractivity contribution in [3.8, 4) is 5.69 Å². The van der Waals surface area contributed by atoms with Gasteiger partial charge in [-0.25, -0.2) is 14.5 Å². The molecule has 152 valence electrons. The summed E-state index contributed by atoms with van der Waals surface area (Å²) >= 11 is 0. The molecule has 3 rings (SSSR count). The fourth-order valence-electron chi connectivity index (χ4n) is 3.38. The second-order valence-electron chi connectivity index (χ2n) is 7.06. The van der Waals surface area contributed by atoms with E-state index < -0.39 is 5.97 Å². The molecule has 0 unspecified atom stereocenters. The van der Waals surface area contributed by atoms with Gasteiger partial charge in [-0.15, -0.1) is 0 Å². The van der Waals surface area contributed by atoms with Crippen LogP contribution in [0.4, 0.5) is 0 Å². The SMILES string of the molecule is COC(=O)c1c(C)[nH]c(C(=O)CN(C)[C@@H](C)c2ccc(-n3cncn3)cc2)c1C. The molecule has 1 aromatic carbocycles. The lowest BCUT2D eigenvalue weighted by atomic mass is 10.1. The van der Waals surface area contributed by atoms with Gasteiger partial charge in [-0.3, -0.25) is 9.69 Å². The minimum Gasteiger partial charge on any atom is -0.465 e. The van der Waals surface area contributed by atoms with E-state index in [4.69, 9.17) is 4.74 Å². The zero-order chi connectivity index (χ0) is 21.1. The van der Waals surface area contributed by atoms with Crippen LogP contribution in [0.15, 0.2) is 36.9 Å². The average molecular weight is 395 g/mol. The van der Waals surface area contributed by atoms with E-state index in [2.05, 4.69) is 15.1 Å². The third-order valence-electron chi connectivity index (χ3n) is 5.22.